The van der Waals surface area contributed by atoms with E-state index in [2.05, 4.69) is 11.9 Å². The first kappa shape index (κ1) is 23.0. The number of nitrogens with zero attached hydrogens (tertiary/aromatic N) is 2. The average Bonchev–Trinajstić information content (AvgIpc) is 3.10. The number of thiophene rings is 1. The number of rotatable bonds is 7. The molecule has 1 N–H and O–H groups in total. The van der Waals surface area contributed by atoms with E-state index in [1.807, 2.05) is 75.4 Å². The first-order valence-corrected chi connectivity index (χ1v) is 12.3. The predicted octanol–water partition coefficient (Wildman–Crippen LogP) is 6.05. The maximum absolute atomic E-state index is 13.2. The molecule has 4 rings (SSSR count). The Bertz CT molecular complexity index is 1390. The minimum atomic E-state index is -0.462. The highest BCUT2D eigenvalue weighted by Crippen LogP contribution is 2.31. The maximum Gasteiger partial charge on any atom is 0.263 e. The zero-order valence-corrected chi connectivity index (χ0v) is 20.4. The molecule has 1 unspecified atom stereocenters. The third-order valence-electron chi connectivity index (χ3n) is 5.49. The molecule has 4 aromatic rings. The van der Waals surface area contributed by atoms with Gasteiger partial charge in [0.25, 0.3) is 5.56 Å². The second-order valence-corrected chi connectivity index (χ2v) is 10.2. The second kappa shape index (κ2) is 9.77. The molecule has 33 heavy (non-hydrogen) atoms. The molecule has 0 spiro atoms. The summed E-state index contributed by atoms with van der Waals surface area (Å²) in [5.74, 6) is -0.151. The number of carbonyl (C=O) groups is 1. The first-order chi connectivity index (χ1) is 15.9. The number of hydrogen-bond acceptors (Lipinski definition) is 5. The van der Waals surface area contributed by atoms with Crippen molar-refractivity contribution in [1.29, 1.82) is 0 Å². The number of fused-ring (bicyclic) bond motifs is 1. The minimum Gasteiger partial charge on any atom is -0.325 e. The van der Waals surface area contributed by atoms with Crippen molar-refractivity contribution in [2.75, 3.05) is 5.32 Å². The van der Waals surface area contributed by atoms with E-state index >= 15 is 0 Å². The molecule has 0 aliphatic rings. The van der Waals surface area contributed by atoms with Gasteiger partial charge in [-0.05, 0) is 38.0 Å². The Kier molecular flexibility index (Phi) is 6.81. The van der Waals surface area contributed by atoms with Crippen LogP contribution in [0.2, 0.25) is 0 Å². The lowest BCUT2D eigenvalue weighted by Crippen LogP contribution is -2.26. The smallest absolute Gasteiger partial charge is 0.263 e. The van der Waals surface area contributed by atoms with Crippen molar-refractivity contribution >= 4 is 44.9 Å². The van der Waals surface area contributed by atoms with Gasteiger partial charge in [-0.25, -0.2) is 4.98 Å². The van der Waals surface area contributed by atoms with Crippen LogP contribution < -0.4 is 10.9 Å². The van der Waals surface area contributed by atoms with Crippen LogP contribution in [0.25, 0.3) is 21.3 Å². The van der Waals surface area contributed by atoms with Crippen molar-refractivity contribution in [3.8, 4) is 11.1 Å². The summed E-state index contributed by atoms with van der Waals surface area (Å²) in [6.45, 7) is 9.88. The summed E-state index contributed by atoms with van der Waals surface area (Å²) in [6.07, 6.45) is 1.67. The number of aromatic nitrogens is 2. The van der Waals surface area contributed by atoms with Crippen molar-refractivity contribution in [1.82, 2.24) is 9.55 Å². The molecule has 0 saturated heterocycles. The fourth-order valence-corrected chi connectivity index (χ4v) is 5.58. The van der Waals surface area contributed by atoms with Crippen LogP contribution >= 0.6 is 23.1 Å². The molecular weight excluding hydrogens is 450 g/mol. The van der Waals surface area contributed by atoms with Crippen LogP contribution in [-0.4, -0.2) is 20.7 Å². The number of para-hydroxylation sites is 1. The van der Waals surface area contributed by atoms with Gasteiger partial charge in [0.05, 0.1) is 10.6 Å². The lowest BCUT2D eigenvalue weighted by Gasteiger charge is -2.16. The number of nitrogens with one attached hydrogen (secondary N) is 1. The highest BCUT2D eigenvalue weighted by molar-refractivity contribution is 8.00. The number of anilines is 1. The Balaban J connectivity index is 1.62. The van der Waals surface area contributed by atoms with Crippen molar-refractivity contribution in [3.05, 3.63) is 88.0 Å². The molecule has 0 radical (unpaired) electrons. The largest absolute Gasteiger partial charge is 0.325 e. The molecule has 0 fully saturated rings. The molecule has 7 heteroatoms. The Labute approximate surface area is 201 Å². The van der Waals surface area contributed by atoms with Gasteiger partial charge in [0.2, 0.25) is 5.91 Å². The summed E-state index contributed by atoms with van der Waals surface area (Å²) in [7, 11) is 0. The number of hydrogen-bond donors (Lipinski definition) is 1. The summed E-state index contributed by atoms with van der Waals surface area (Å²) in [5, 5.41) is 3.76. The Morgan fingerprint density at radius 1 is 1.18 bits per heavy atom. The third kappa shape index (κ3) is 4.65. The summed E-state index contributed by atoms with van der Waals surface area (Å²) in [6, 6.07) is 17.7. The van der Waals surface area contributed by atoms with Gasteiger partial charge >= 0.3 is 0 Å². The third-order valence-corrected chi connectivity index (χ3v) is 7.68. The summed E-state index contributed by atoms with van der Waals surface area (Å²) in [4.78, 5) is 32.8. The van der Waals surface area contributed by atoms with Gasteiger partial charge in [0.1, 0.15) is 4.83 Å². The molecule has 168 valence electrons. The predicted molar refractivity (Wildman–Crippen MR) is 139 cm³/mol. The number of thioether (sulfide) groups is 1. The minimum absolute atomic E-state index is 0.0914. The number of carbonyl (C=O) groups excluding carboxylic acids is 1. The van der Waals surface area contributed by atoms with E-state index in [1.165, 1.54) is 23.1 Å². The van der Waals surface area contributed by atoms with Crippen LogP contribution in [0, 0.1) is 13.8 Å². The Hall–Kier alpha value is -3.16. The van der Waals surface area contributed by atoms with Gasteiger partial charge in [-0.3, -0.25) is 14.2 Å². The molecule has 5 nitrogen and oxygen atoms in total. The topological polar surface area (TPSA) is 64.0 Å². The lowest BCUT2D eigenvalue weighted by atomic mass is 10.0. The maximum atomic E-state index is 13.2. The van der Waals surface area contributed by atoms with E-state index in [4.69, 9.17) is 4.98 Å². The van der Waals surface area contributed by atoms with Crippen molar-refractivity contribution < 1.29 is 4.79 Å². The number of benzene rings is 2. The van der Waals surface area contributed by atoms with Crippen molar-refractivity contribution in [2.24, 2.45) is 0 Å². The fraction of sp³-hybridized carbons (Fsp3) is 0.192. The second-order valence-electron chi connectivity index (χ2n) is 7.72. The van der Waals surface area contributed by atoms with E-state index in [-0.39, 0.29) is 11.5 Å². The molecule has 2 aromatic carbocycles. The molecule has 1 atom stereocenters. The molecule has 0 aliphatic heterocycles. The van der Waals surface area contributed by atoms with Gasteiger partial charge in [-0.2, -0.15) is 0 Å². The fourth-order valence-electron chi connectivity index (χ4n) is 3.60. The van der Waals surface area contributed by atoms with E-state index in [9.17, 15) is 9.59 Å². The van der Waals surface area contributed by atoms with Gasteiger partial charge in [0.15, 0.2) is 5.16 Å². The first-order valence-electron chi connectivity index (χ1n) is 10.6. The molecule has 0 aliphatic carbocycles. The van der Waals surface area contributed by atoms with Gasteiger partial charge in [-0.1, -0.05) is 66.4 Å². The molecule has 1 amide bonds. The summed E-state index contributed by atoms with van der Waals surface area (Å²) < 4.78 is 1.60. The van der Waals surface area contributed by atoms with Crippen molar-refractivity contribution in [2.45, 2.75) is 37.7 Å². The monoisotopic (exact) mass is 475 g/mol. The van der Waals surface area contributed by atoms with Gasteiger partial charge < -0.3 is 5.32 Å². The highest BCUT2D eigenvalue weighted by Gasteiger charge is 2.22. The van der Waals surface area contributed by atoms with Crippen LogP contribution in [-0.2, 0) is 11.3 Å². The highest BCUT2D eigenvalue weighted by atomic mass is 32.2. The van der Waals surface area contributed by atoms with Crippen molar-refractivity contribution in [3.63, 3.8) is 0 Å². The number of amides is 1. The van der Waals surface area contributed by atoms with E-state index in [0.717, 1.165) is 27.3 Å². The summed E-state index contributed by atoms with van der Waals surface area (Å²) in [5.41, 5.74) is 3.61. The summed E-state index contributed by atoms with van der Waals surface area (Å²) >= 11 is 2.79. The Morgan fingerprint density at radius 2 is 1.88 bits per heavy atom. The van der Waals surface area contributed by atoms with Gasteiger partial charge in [-0.15, -0.1) is 17.9 Å². The molecule has 2 heterocycles. The van der Waals surface area contributed by atoms with E-state index < -0.39 is 5.25 Å². The average molecular weight is 476 g/mol. The molecule has 0 bridgehead atoms. The Morgan fingerprint density at radius 3 is 2.61 bits per heavy atom. The molecule has 0 saturated carbocycles. The SMILES string of the molecule is C=CCn1c(SC(C)C(=O)Nc2ccccc2-c2ccccc2)nc2sc(C)c(C)c2c1=O. The van der Waals surface area contributed by atoms with E-state index in [0.29, 0.717) is 21.9 Å². The quantitative estimate of drug-likeness (QED) is 0.201. The number of allylic oxidation sites excluding steroid dienone is 1. The molecule has 2 aromatic heterocycles. The van der Waals surface area contributed by atoms with Crippen LogP contribution in [0.1, 0.15) is 17.4 Å². The van der Waals surface area contributed by atoms with E-state index in [1.54, 1.807) is 10.6 Å². The van der Waals surface area contributed by atoms with Crippen LogP contribution in [0.4, 0.5) is 5.69 Å². The van der Waals surface area contributed by atoms with Crippen LogP contribution in [0.5, 0.6) is 0 Å². The lowest BCUT2D eigenvalue weighted by molar-refractivity contribution is -0.115. The van der Waals surface area contributed by atoms with Crippen LogP contribution in [0.15, 0.2) is 77.2 Å². The number of aryl methyl sites for hydroxylation is 2. The standard InChI is InChI=1S/C26H25N3O2S2/c1-5-15-29-25(31)22-16(2)17(3)32-24(22)28-26(29)33-18(4)23(30)27-21-14-10-9-13-20(21)19-11-7-6-8-12-19/h5-14,18H,1,15H2,2-4H3,(H,27,30). The molecular formula is C26H25N3O2S2. The normalized spacial score (nSPS) is 12.0. The van der Waals surface area contributed by atoms with Gasteiger partial charge in [0, 0.05) is 22.7 Å². The zero-order valence-electron chi connectivity index (χ0n) is 18.8. The zero-order chi connectivity index (χ0) is 23.5. The van der Waals surface area contributed by atoms with Crippen LogP contribution in [0.3, 0.4) is 0 Å².